The molecule has 0 amide bonds. The molecule has 0 saturated carbocycles. The molecule has 0 aliphatic heterocycles. The molecule has 0 spiro atoms. The highest BCUT2D eigenvalue weighted by molar-refractivity contribution is 4.39. The number of hydrogen-bond donors (Lipinski definition) is 1. The van der Waals surface area contributed by atoms with Gasteiger partial charge in [0.2, 0.25) is 0 Å². The second kappa shape index (κ2) is 37.5. The van der Waals surface area contributed by atoms with Gasteiger partial charge in [-0.3, -0.25) is 0 Å². The Morgan fingerprint density at radius 1 is 0.282 bits per heavy atom. The fourth-order valence-electron chi connectivity index (χ4n) is 2.62. The van der Waals surface area contributed by atoms with E-state index in [1.165, 1.54) is 0 Å². The average molecular weight is 574 g/mol. The summed E-state index contributed by atoms with van der Waals surface area (Å²) in [5.74, 6) is 0. The Kier molecular flexibility index (Phi) is 37.0. The summed E-state index contributed by atoms with van der Waals surface area (Å²) in [6.45, 7) is 13.5. The third-order valence-corrected chi connectivity index (χ3v) is 4.65. The maximum atomic E-state index is 5.46. The van der Waals surface area contributed by atoms with Crippen molar-refractivity contribution in [1.82, 2.24) is 5.32 Å². The highest BCUT2D eigenvalue weighted by Gasteiger charge is 1.96. The SMILES string of the molecule is CNCCOCCOCCOCCOCCOCCOCCOCCOCCOCCOCCOCCOC. The van der Waals surface area contributed by atoms with Gasteiger partial charge in [-0.25, -0.2) is 0 Å². The Bertz CT molecular complexity index is 390. The third kappa shape index (κ3) is 37.5. The van der Waals surface area contributed by atoms with E-state index in [0.29, 0.717) is 152 Å². The van der Waals surface area contributed by atoms with Gasteiger partial charge in [-0.2, -0.15) is 0 Å². The van der Waals surface area contributed by atoms with E-state index in [0.717, 1.165) is 6.54 Å². The smallest absolute Gasteiger partial charge is 0.0701 e. The Balaban J connectivity index is 3.01. The van der Waals surface area contributed by atoms with E-state index in [2.05, 4.69) is 5.32 Å². The number of hydrogen-bond acceptors (Lipinski definition) is 13. The van der Waals surface area contributed by atoms with Crippen LogP contribution < -0.4 is 5.32 Å². The summed E-state index contributed by atoms with van der Waals surface area (Å²) in [4.78, 5) is 0. The molecular weight excluding hydrogens is 518 g/mol. The molecule has 0 aromatic carbocycles. The molecule has 0 aromatic heterocycles. The van der Waals surface area contributed by atoms with E-state index in [1.807, 2.05) is 7.05 Å². The first-order valence-electron chi connectivity index (χ1n) is 13.9. The fourth-order valence-corrected chi connectivity index (χ4v) is 2.62. The van der Waals surface area contributed by atoms with E-state index >= 15 is 0 Å². The standard InChI is InChI=1S/C26H55NO12/c1-27-3-4-29-7-8-31-11-12-33-15-16-35-19-20-37-23-24-39-26-25-38-22-21-36-18-17-34-14-13-32-10-9-30-6-5-28-2/h27H,3-26H2,1-2H3. The molecule has 0 fully saturated rings. The molecule has 0 aliphatic rings. The van der Waals surface area contributed by atoms with Gasteiger partial charge in [-0.05, 0) is 7.05 Å². The molecule has 0 saturated heterocycles. The summed E-state index contributed by atoms with van der Waals surface area (Å²) in [5, 5.41) is 3.02. The topological polar surface area (TPSA) is 123 Å². The van der Waals surface area contributed by atoms with Crippen LogP contribution in [0.2, 0.25) is 0 Å². The van der Waals surface area contributed by atoms with Crippen LogP contribution in [0.15, 0.2) is 0 Å². The van der Waals surface area contributed by atoms with Gasteiger partial charge in [0.1, 0.15) is 0 Å². The summed E-state index contributed by atoms with van der Waals surface area (Å²) in [5.41, 5.74) is 0. The van der Waals surface area contributed by atoms with Gasteiger partial charge >= 0.3 is 0 Å². The number of methoxy groups -OCH3 is 1. The van der Waals surface area contributed by atoms with Crippen molar-refractivity contribution in [2.45, 2.75) is 0 Å². The largest absolute Gasteiger partial charge is 0.382 e. The molecule has 13 nitrogen and oxygen atoms in total. The van der Waals surface area contributed by atoms with Crippen LogP contribution in [0, 0.1) is 0 Å². The van der Waals surface area contributed by atoms with Gasteiger partial charge in [-0.15, -0.1) is 0 Å². The first kappa shape index (κ1) is 38.5. The average Bonchev–Trinajstić information content (AvgIpc) is 2.95. The van der Waals surface area contributed by atoms with Crippen LogP contribution in [0.5, 0.6) is 0 Å². The highest BCUT2D eigenvalue weighted by Crippen LogP contribution is 1.87. The molecule has 0 unspecified atom stereocenters. The molecular formula is C26H55NO12. The normalized spacial score (nSPS) is 11.5. The van der Waals surface area contributed by atoms with Crippen LogP contribution in [0.25, 0.3) is 0 Å². The molecule has 39 heavy (non-hydrogen) atoms. The summed E-state index contributed by atoms with van der Waals surface area (Å²) >= 11 is 0. The highest BCUT2D eigenvalue weighted by atomic mass is 16.6. The molecule has 0 bridgehead atoms. The Morgan fingerprint density at radius 2 is 0.462 bits per heavy atom. The molecule has 13 heteroatoms. The zero-order valence-electron chi connectivity index (χ0n) is 24.4. The zero-order valence-corrected chi connectivity index (χ0v) is 24.4. The molecule has 236 valence electrons. The second-order valence-corrected chi connectivity index (χ2v) is 7.83. The second-order valence-electron chi connectivity index (χ2n) is 7.83. The molecule has 0 aliphatic carbocycles. The molecule has 0 heterocycles. The van der Waals surface area contributed by atoms with Crippen molar-refractivity contribution >= 4 is 0 Å². The van der Waals surface area contributed by atoms with Crippen LogP contribution in [0.4, 0.5) is 0 Å². The number of ether oxygens (including phenoxy) is 12. The Hall–Kier alpha value is -0.520. The lowest BCUT2D eigenvalue weighted by Gasteiger charge is -2.09. The number of nitrogens with one attached hydrogen (secondary N) is 1. The molecule has 0 rings (SSSR count). The van der Waals surface area contributed by atoms with Gasteiger partial charge in [-0.1, -0.05) is 0 Å². The molecule has 0 radical (unpaired) electrons. The Morgan fingerprint density at radius 3 is 0.641 bits per heavy atom. The summed E-state index contributed by atoms with van der Waals surface area (Å²) in [6, 6.07) is 0. The predicted octanol–water partition coefficient (Wildman–Crippen LogP) is 0.0348. The fraction of sp³-hybridized carbons (Fsp3) is 1.00. The molecule has 1 N–H and O–H groups in total. The Labute approximate surface area is 235 Å². The first-order valence-corrected chi connectivity index (χ1v) is 13.9. The number of rotatable bonds is 36. The lowest BCUT2D eigenvalue weighted by atomic mass is 10.6. The first-order chi connectivity index (χ1) is 19.4. The monoisotopic (exact) mass is 573 g/mol. The lowest BCUT2D eigenvalue weighted by Crippen LogP contribution is -2.17. The van der Waals surface area contributed by atoms with Crippen LogP contribution >= 0.6 is 0 Å². The van der Waals surface area contributed by atoms with Crippen molar-refractivity contribution in [3.05, 3.63) is 0 Å². The van der Waals surface area contributed by atoms with E-state index in [-0.39, 0.29) is 0 Å². The van der Waals surface area contributed by atoms with Crippen LogP contribution in [0.3, 0.4) is 0 Å². The van der Waals surface area contributed by atoms with Crippen molar-refractivity contribution in [2.75, 3.05) is 173 Å². The molecule has 0 aromatic rings. The van der Waals surface area contributed by atoms with Gasteiger partial charge < -0.3 is 62.2 Å². The van der Waals surface area contributed by atoms with Gasteiger partial charge in [0, 0.05) is 13.7 Å². The van der Waals surface area contributed by atoms with Gasteiger partial charge in [0.05, 0.1) is 152 Å². The summed E-state index contributed by atoms with van der Waals surface area (Å²) in [7, 11) is 3.54. The quantitative estimate of drug-likeness (QED) is 0.102. The van der Waals surface area contributed by atoms with E-state index < -0.39 is 0 Å². The van der Waals surface area contributed by atoms with E-state index in [1.54, 1.807) is 7.11 Å². The van der Waals surface area contributed by atoms with E-state index in [4.69, 9.17) is 56.8 Å². The molecule has 0 atom stereocenters. The van der Waals surface area contributed by atoms with Crippen molar-refractivity contribution in [3.63, 3.8) is 0 Å². The number of likely N-dealkylation sites (N-methyl/N-ethyl adjacent to an activating group) is 1. The van der Waals surface area contributed by atoms with Gasteiger partial charge in [0.25, 0.3) is 0 Å². The minimum absolute atomic E-state index is 0.519. The van der Waals surface area contributed by atoms with Crippen molar-refractivity contribution in [1.29, 1.82) is 0 Å². The van der Waals surface area contributed by atoms with Gasteiger partial charge in [0.15, 0.2) is 0 Å². The third-order valence-electron chi connectivity index (χ3n) is 4.65. The predicted molar refractivity (Wildman–Crippen MR) is 145 cm³/mol. The minimum atomic E-state index is 0.519. The van der Waals surface area contributed by atoms with Crippen molar-refractivity contribution in [3.8, 4) is 0 Å². The maximum absolute atomic E-state index is 5.46. The van der Waals surface area contributed by atoms with E-state index in [9.17, 15) is 0 Å². The minimum Gasteiger partial charge on any atom is -0.382 e. The van der Waals surface area contributed by atoms with Crippen LogP contribution in [-0.4, -0.2) is 173 Å². The summed E-state index contributed by atoms with van der Waals surface area (Å²) in [6.07, 6.45) is 0. The maximum Gasteiger partial charge on any atom is 0.0701 e. The van der Waals surface area contributed by atoms with Crippen LogP contribution in [0.1, 0.15) is 0 Å². The van der Waals surface area contributed by atoms with Crippen molar-refractivity contribution < 1.29 is 56.8 Å². The van der Waals surface area contributed by atoms with Crippen molar-refractivity contribution in [2.24, 2.45) is 0 Å². The summed E-state index contributed by atoms with van der Waals surface area (Å²) < 4.78 is 64.5. The van der Waals surface area contributed by atoms with Crippen LogP contribution in [-0.2, 0) is 56.8 Å². The zero-order chi connectivity index (χ0) is 28.2. The lowest BCUT2D eigenvalue weighted by molar-refractivity contribution is -0.0279.